The van der Waals surface area contributed by atoms with Crippen LogP contribution in [0.3, 0.4) is 0 Å². The molecule has 6 N–H and O–H groups in total. The van der Waals surface area contributed by atoms with Crippen molar-refractivity contribution in [1.29, 1.82) is 0 Å². The predicted molar refractivity (Wildman–Crippen MR) is 89.6 cm³/mol. The second kappa shape index (κ2) is 8.29. The summed E-state index contributed by atoms with van der Waals surface area (Å²) in [5.41, 5.74) is 4.15. The average Bonchev–Trinajstić information content (AvgIpc) is 2.86. The lowest BCUT2D eigenvalue weighted by molar-refractivity contribution is -0.0411. The second-order valence-electron chi connectivity index (χ2n) is 5.67. The zero-order valence-corrected chi connectivity index (χ0v) is 15.4. The van der Waals surface area contributed by atoms with Gasteiger partial charge in [0, 0.05) is 11.8 Å². The maximum absolute atomic E-state index is 13.2. The van der Waals surface area contributed by atoms with Crippen molar-refractivity contribution in [2.75, 3.05) is 24.7 Å². The number of aliphatic hydroxyl groups is 1. The predicted octanol–water partition coefficient (Wildman–Crippen LogP) is -0.683. The first-order valence-electron chi connectivity index (χ1n) is 7.43. The summed E-state index contributed by atoms with van der Waals surface area (Å²) >= 11 is 0. The monoisotopic (exact) mass is 429 g/mol. The Balaban J connectivity index is 2.10. The number of nitrogen functional groups attached to an aromatic ring is 1. The van der Waals surface area contributed by atoms with Crippen molar-refractivity contribution in [3.63, 3.8) is 0 Å². The van der Waals surface area contributed by atoms with Crippen LogP contribution in [0.2, 0.25) is 0 Å². The molecule has 1 aromatic heterocycles. The van der Waals surface area contributed by atoms with Gasteiger partial charge in [0.1, 0.15) is 18.0 Å². The van der Waals surface area contributed by atoms with Crippen LogP contribution in [0.1, 0.15) is 6.23 Å². The van der Waals surface area contributed by atoms with Gasteiger partial charge in [-0.3, -0.25) is 13.7 Å². The molecule has 2 heterocycles. The van der Waals surface area contributed by atoms with E-state index in [1.165, 1.54) is 12.3 Å². The van der Waals surface area contributed by atoms with Gasteiger partial charge in [-0.2, -0.15) is 4.98 Å². The van der Waals surface area contributed by atoms with Crippen LogP contribution in [0.15, 0.2) is 29.0 Å². The van der Waals surface area contributed by atoms with Gasteiger partial charge >= 0.3 is 20.9 Å². The molecule has 4 atom stereocenters. The Morgan fingerprint density at radius 1 is 1.37 bits per heavy atom. The lowest BCUT2D eigenvalue weighted by Gasteiger charge is -2.18. The number of hydrogen-bond donors (Lipinski definition) is 5. The molecular formula is C12H18FN3O9P2. The SMILES string of the molecule is Nc1ccn([C@@H]2O[C@H](COP(=O)(O)CCP(=O)(O)O)[C@@H](O)C2=CF)c(=O)n1. The first kappa shape index (κ1) is 21.9. The molecule has 0 spiro atoms. The Labute approximate surface area is 151 Å². The van der Waals surface area contributed by atoms with Gasteiger partial charge in [0.2, 0.25) is 0 Å². The van der Waals surface area contributed by atoms with E-state index in [-0.39, 0.29) is 17.7 Å². The van der Waals surface area contributed by atoms with Crippen molar-refractivity contribution in [1.82, 2.24) is 9.55 Å². The van der Waals surface area contributed by atoms with Crippen molar-refractivity contribution in [3.05, 3.63) is 34.7 Å². The minimum atomic E-state index is -4.50. The van der Waals surface area contributed by atoms with Crippen LogP contribution < -0.4 is 11.4 Å². The molecule has 15 heteroatoms. The smallest absolute Gasteiger partial charge is 0.351 e. The van der Waals surface area contributed by atoms with Gasteiger partial charge in [0.05, 0.1) is 25.3 Å². The van der Waals surface area contributed by atoms with Gasteiger partial charge in [-0.05, 0) is 6.07 Å². The van der Waals surface area contributed by atoms with Gasteiger partial charge < -0.3 is 34.8 Å². The molecule has 12 nitrogen and oxygen atoms in total. The molecule has 1 fully saturated rings. The molecule has 1 saturated heterocycles. The fourth-order valence-electron chi connectivity index (χ4n) is 2.27. The quantitative estimate of drug-likeness (QED) is 0.345. The summed E-state index contributed by atoms with van der Waals surface area (Å²) in [6.45, 7) is -0.693. The summed E-state index contributed by atoms with van der Waals surface area (Å²) in [5, 5.41) is 10.1. The third-order valence-electron chi connectivity index (χ3n) is 3.63. The maximum atomic E-state index is 13.2. The van der Waals surface area contributed by atoms with Gasteiger partial charge in [-0.1, -0.05) is 0 Å². The van der Waals surface area contributed by atoms with E-state index in [0.717, 1.165) is 4.57 Å². The summed E-state index contributed by atoms with van der Waals surface area (Å²) in [7, 11) is -8.90. The molecule has 1 aliphatic heterocycles. The molecule has 0 radical (unpaired) electrons. The maximum Gasteiger partial charge on any atom is 0.351 e. The van der Waals surface area contributed by atoms with E-state index >= 15 is 0 Å². The highest BCUT2D eigenvalue weighted by molar-refractivity contribution is 7.56. The van der Waals surface area contributed by atoms with Gasteiger partial charge in [-0.25, -0.2) is 9.18 Å². The number of aromatic nitrogens is 2. The van der Waals surface area contributed by atoms with Crippen LogP contribution >= 0.6 is 15.2 Å². The Bertz CT molecular complexity index is 870. The lowest BCUT2D eigenvalue weighted by atomic mass is 10.1. The molecule has 1 aliphatic rings. The highest BCUT2D eigenvalue weighted by Crippen LogP contribution is 2.47. The van der Waals surface area contributed by atoms with Crippen molar-refractivity contribution in [2.45, 2.75) is 18.4 Å². The number of nitrogens with zero attached hydrogens (tertiary/aromatic N) is 2. The molecule has 0 aromatic carbocycles. The molecule has 2 rings (SSSR count). The first-order valence-corrected chi connectivity index (χ1v) is 11.0. The Kier molecular flexibility index (Phi) is 6.72. The third-order valence-corrected chi connectivity index (χ3v) is 6.13. The molecule has 27 heavy (non-hydrogen) atoms. The van der Waals surface area contributed by atoms with Crippen LogP contribution in [-0.4, -0.2) is 60.5 Å². The van der Waals surface area contributed by atoms with Crippen molar-refractivity contribution in [3.8, 4) is 0 Å². The fourth-order valence-corrected chi connectivity index (χ4v) is 4.83. The van der Waals surface area contributed by atoms with E-state index in [2.05, 4.69) is 4.98 Å². The van der Waals surface area contributed by atoms with E-state index < -0.39 is 58.2 Å². The molecule has 1 unspecified atom stereocenters. The molecule has 0 saturated carbocycles. The van der Waals surface area contributed by atoms with E-state index in [1.54, 1.807) is 0 Å². The molecule has 0 bridgehead atoms. The van der Waals surface area contributed by atoms with Crippen LogP contribution in [0.5, 0.6) is 0 Å². The van der Waals surface area contributed by atoms with Crippen LogP contribution in [0.25, 0.3) is 0 Å². The lowest BCUT2D eigenvalue weighted by Crippen LogP contribution is -2.28. The summed E-state index contributed by atoms with van der Waals surface area (Å²) in [6, 6.07) is 1.25. The second-order valence-corrected chi connectivity index (χ2v) is 9.43. The zero-order chi connectivity index (χ0) is 20.4. The number of nitrogens with two attached hydrogens (primary N) is 1. The minimum absolute atomic E-state index is 0.0322. The topological polar surface area (TPSA) is 194 Å². The fraction of sp³-hybridized carbons (Fsp3) is 0.500. The van der Waals surface area contributed by atoms with Gasteiger partial charge in [-0.15, -0.1) is 0 Å². The highest BCUT2D eigenvalue weighted by atomic mass is 31.2. The van der Waals surface area contributed by atoms with Crippen LogP contribution in [-0.2, 0) is 18.4 Å². The summed E-state index contributed by atoms with van der Waals surface area (Å²) in [5.74, 6) is -0.0771. The minimum Gasteiger partial charge on any atom is -0.386 e. The number of halogens is 1. The Hall–Kier alpha value is -1.43. The number of rotatable bonds is 7. The van der Waals surface area contributed by atoms with Crippen LogP contribution in [0, 0.1) is 0 Å². The number of aliphatic hydroxyl groups excluding tert-OH is 1. The van der Waals surface area contributed by atoms with E-state index in [9.17, 15) is 28.3 Å². The van der Waals surface area contributed by atoms with Crippen molar-refractivity contribution < 1.29 is 42.6 Å². The van der Waals surface area contributed by atoms with Crippen molar-refractivity contribution >= 4 is 21.0 Å². The zero-order valence-electron chi connectivity index (χ0n) is 13.7. The Morgan fingerprint density at radius 3 is 2.59 bits per heavy atom. The van der Waals surface area contributed by atoms with Gasteiger partial charge in [0.25, 0.3) is 0 Å². The van der Waals surface area contributed by atoms with Gasteiger partial charge in [0.15, 0.2) is 6.23 Å². The normalized spacial score (nSPS) is 27.0. The third kappa shape index (κ3) is 5.77. The largest absolute Gasteiger partial charge is 0.386 e. The molecule has 0 aliphatic carbocycles. The Morgan fingerprint density at radius 2 is 2.04 bits per heavy atom. The number of hydrogen-bond acceptors (Lipinski definition) is 8. The average molecular weight is 429 g/mol. The number of ether oxygens (including phenoxy) is 1. The van der Waals surface area contributed by atoms with E-state index in [0.29, 0.717) is 0 Å². The highest BCUT2D eigenvalue weighted by Gasteiger charge is 2.42. The first-order chi connectivity index (χ1) is 12.4. The molecule has 152 valence electrons. The summed E-state index contributed by atoms with van der Waals surface area (Å²) in [6.07, 6.45) is -4.80. The van der Waals surface area contributed by atoms with Crippen molar-refractivity contribution in [2.24, 2.45) is 0 Å². The van der Waals surface area contributed by atoms with E-state index in [4.69, 9.17) is 24.8 Å². The molecule has 0 amide bonds. The van der Waals surface area contributed by atoms with E-state index in [1.807, 2.05) is 0 Å². The molecule has 1 aromatic rings. The number of anilines is 1. The standard InChI is InChI=1S/C12H18FN3O9P2/c13-5-7-10(17)8(6-24-27(22,23)4-3-26(19,20)21)25-11(7)16-2-1-9(14)15-12(16)18/h1-2,5,8,10-11,17H,3-4,6H2,(H,22,23)(H2,14,15,18)(H2,19,20,21)/t8-,10+,11-/m1/s1. The summed E-state index contributed by atoms with van der Waals surface area (Å²) in [4.78, 5) is 42.4. The molecular weight excluding hydrogens is 411 g/mol. The summed E-state index contributed by atoms with van der Waals surface area (Å²) < 4.78 is 46.7. The van der Waals surface area contributed by atoms with Crippen LogP contribution in [0.4, 0.5) is 10.2 Å².